The van der Waals surface area contributed by atoms with Gasteiger partial charge in [0.1, 0.15) is 12.0 Å². The van der Waals surface area contributed by atoms with E-state index in [2.05, 4.69) is 74.0 Å². The predicted molar refractivity (Wildman–Crippen MR) is 237 cm³/mol. The number of piperidine rings is 1. The number of dihydropyridines is 1. The molecule has 7 heterocycles. The number of hydrogen-bond donors (Lipinski definition) is 4. The van der Waals surface area contributed by atoms with E-state index >= 15 is 4.39 Å². The molecular weight excluding hydrogens is 804 g/mol. The van der Waals surface area contributed by atoms with Gasteiger partial charge >= 0.3 is 17.8 Å². The van der Waals surface area contributed by atoms with E-state index in [0.29, 0.717) is 52.7 Å². The highest BCUT2D eigenvalue weighted by atomic mass is 19.1. The van der Waals surface area contributed by atoms with E-state index in [1.54, 1.807) is 4.90 Å². The number of halogens is 1. The molecule has 9 rings (SSSR count). The van der Waals surface area contributed by atoms with Crippen molar-refractivity contribution in [3.05, 3.63) is 101 Å². The summed E-state index contributed by atoms with van der Waals surface area (Å²) in [5.74, 6) is -0.0791. The molecule has 0 radical (unpaired) electrons. The van der Waals surface area contributed by atoms with Crippen LogP contribution in [0.2, 0.25) is 0 Å². The van der Waals surface area contributed by atoms with Gasteiger partial charge < -0.3 is 29.9 Å². The van der Waals surface area contributed by atoms with Crippen LogP contribution in [0.5, 0.6) is 0 Å². The van der Waals surface area contributed by atoms with Crippen LogP contribution in [0.4, 0.5) is 20.6 Å². The standard InChI is InChI=1S/C46H53FN12O4/c1-28-23-30(5-6-31(28)24-49-42(61)43-54-44(55-63-43)46(2,3)4)39-37-38(47)40(53-41(37)51-27-50-39)32-7-12-35(48-25-32)58-21-19-56(20-22-58)26-29-13-16-57(17-14-29)33-8-10-34(11-9-33)59-18-15-36(60)52-45(59)62/h5-12,23,25,27,29,35,48H,13-22,24,26H2,1-4H3,(H,49,61)(H,50,51,53)(H,52,60,62). The average molecular weight is 857 g/mol. The summed E-state index contributed by atoms with van der Waals surface area (Å²) in [6.07, 6.45) is 9.96. The molecule has 0 spiro atoms. The molecule has 0 bridgehead atoms. The zero-order valence-electron chi connectivity index (χ0n) is 36.1. The number of aryl methyl sites for hydroxylation is 1. The van der Waals surface area contributed by atoms with Crippen LogP contribution in [0.15, 0.2) is 71.7 Å². The Bertz CT molecular complexity index is 2580. The monoisotopic (exact) mass is 856 g/mol. The molecule has 4 aliphatic rings. The quantitative estimate of drug-likeness (QED) is 0.139. The zero-order valence-corrected chi connectivity index (χ0v) is 36.1. The topological polar surface area (TPSA) is 181 Å². The first-order valence-corrected chi connectivity index (χ1v) is 21.7. The number of nitrogens with one attached hydrogen (secondary N) is 4. The summed E-state index contributed by atoms with van der Waals surface area (Å²) in [5.41, 5.74) is 6.06. The molecule has 3 saturated heterocycles. The highest BCUT2D eigenvalue weighted by Gasteiger charge is 2.29. The molecule has 0 saturated carbocycles. The van der Waals surface area contributed by atoms with Crippen LogP contribution >= 0.6 is 0 Å². The highest BCUT2D eigenvalue weighted by Crippen LogP contribution is 2.34. The normalized spacial score (nSPS) is 19.3. The molecule has 16 nitrogen and oxygen atoms in total. The van der Waals surface area contributed by atoms with Gasteiger partial charge in [0.25, 0.3) is 0 Å². The Morgan fingerprint density at radius 3 is 2.41 bits per heavy atom. The van der Waals surface area contributed by atoms with E-state index in [-0.39, 0.29) is 36.0 Å². The second-order valence-electron chi connectivity index (χ2n) is 17.9. The van der Waals surface area contributed by atoms with Gasteiger partial charge in [0.2, 0.25) is 5.91 Å². The lowest BCUT2D eigenvalue weighted by atomic mass is 9.95. The first kappa shape index (κ1) is 41.9. The van der Waals surface area contributed by atoms with Crippen LogP contribution in [0.1, 0.15) is 73.4 Å². The lowest BCUT2D eigenvalue weighted by molar-refractivity contribution is -0.120. The third-order valence-electron chi connectivity index (χ3n) is 12.5. The molecule has 1 unspecified atom stereocenters. The Morgan fingerprint density at radius 1 is 0.968 bits per heavy atom. The molecule has 3 aromatic heterocycles. The van der Waals surface area contributed by atoms with E-state index < -0.39 is 11.7 Å². The summed E-state index contributed by atoms with van der Waals surface area (Å²) in [5, 5.41) is 13.0. The molecule has 328 valence electrons. The molecule has 4 aliphatic heterocycles. The number of carbonyl (C=O) groups is 3. The maximum atomic E-state index is 16.4. The van der Waals surface area contributed by atoms with Crippen LogP contribution in [0.3, 0.4) is 0 Å². The molecule has 0 aliphatic carbocycles. The van der Waals surface area contributed by atoms with Crippen LogP contribution < -0.4 is 25.8 Å². The first-order valence-electron chi connectivity index (χ1n) is 21.7. The van der Waals surface area contributed by atoms with Gasteiger partial charge in [-0.15, -0.1) is 0 Å². The smallest absolute Gasteiger partial charge is 0.328 e. The second-order valence-corrected chi connectivity index (χ2v) is 17.9. The number of hydrogen-bond acceptors (Lipinski definition) is 12. The van der Waals surface area contributed by atoms with Crippen LogP contribution in [0, 0.1) is 18.7 Å². The van der Waals surface area contributed by atoms with Gasteiger partial charge in [0.15, 0.2) is 11.6 Å². The number of aromatic nitrogens is 5. The lowest BCUT2D eigenvalue weighted by Crippen LogP contribution is -2.54. The van der Waals surface area contributed by atoms with Gasteiger partial charge in [-0.05, 0) is 73.2 Å². The van der Waals surface area contributed by atoms with Crippen LogP contribution in [0.25, 0.3) is 27.9 Å². The van der Waals surface area contributed by atoms with Crippen molar-refractivity contribution in [1.82, 2.24) is 50.8 Å². The van der Waals surface area contributed by atoms with E-state index in [0.717, 1.165) is 86.7 Å². The Morgan fingerprint density at radius 2 is 1.73 bits per heavy atom. The molecule has 4 amide bonds. The summed E-state index contributed by atoms with van der Waals surface area (Å²) < 4.78 is 21.5. The van der Waals surface area contributed by atoms with Crippen molar-refractivity contribution in [3.63, 3.8) is 0 Å². The van der Waals surface area contributed by atoms with Crippen molar-refractivity contribution >= 4 is 45.8 Å². The fourth-order valence-electron chi connectivity index (χ4n) is 8.79. The van der Waals surface area contributed by atoms with Gasteiger partial charge in [0.05, 0.1) is 22.9 Å². The third-order valence-corrected chi connectivity index (χ3v) is 12.5. The molecule has 17 heteroatoms. The van der Waals surface area contributed by atoms with E-state index in [1.807, 2.05) is 70.3 Å². The lowest BCUT2D eigenvalue weighted by Gasteiger charge is -2.41. The third kappa shape index (κ3) is 8.93. The van der Waals surface area contributed by atoms with Crippen molar-refractivity contribution in [2.75, 3.05) is 62.2 Å². The zero-order chi connectivity index (χ0) is 43.8. The largest absolute Gasteiger partial charge is 0.372 e. The number of anilines is 2. The van der Waals surface area contributed by atoms with Crippen molar-refractivity contribution in [3.8, 4) is 11.3 Å². The number of carbonyl (C=O) groups excluding carboxylic acids is 3. The average Bonchev–Trinajstić information content (AvgIpc) is 3.93. The Hall–Kier alpha value is -6.46. The number of amides is 4. The molecule has 2 aromatic carbocycles. The van der Waals surface area contributed by atoms with Gasteiger partial charge in [-0.25, -0.2) is 19.2 Å². The van der Waals surface area contributed by atoms with Crippen molar-refractivity contribution in [2.24, 2.45) is 5.92 Å². The number of benzene rings is 2. The minimum absolute atomic E-state index is 0.0133. The maximum absolute atomic E-state index is 16.4. The fraction of sp³-hybridized carbons (Fsp3) is 0.413. The summed E-state index contributed by atoms with van der Waals surface area (Å²) in [7, 11) is 0. The number of urea groups is 1. The Kier molecular flexibility index (Phi) is 11.5. The van der Waals surface area contributed by atoms with Gasteiger partial charge in [-0.2, -0.15) is 4.98 Å². The first-order chi connectivity index (χ1) is 30.4. The van der Waals surface area contributed by atoms with Crippen LogP contribution in [-0.2, 0) is 16.8 Å². The number of allylic oxidation sites excluding steroid dienone is 2. The number of aromatic amines is 1. The van der Waals surface area contributed by atoms with Gasteiger partial charge in [-0.3, -0.25) is 24.7 Å². The number of H-pyrrole nitrogens is 1. The summed E-state index contributed by atoms with van der Waals surface area (Å²) >= 11 is 0. The van der Waals surface area contributed by atoms with Gasteiger partial charge in [-0.1, -0.05) is 44.1 Å². The SMILES string of the molecule is Cc1cc(-c2ncnc3[nH]c(C4=CNC(N5CCN(CC6CCN(c7ccc(N8CCC(=O)NC8=O)cc7)CC6)CC5)C=C4)c(F)c23)ccc1CNC(=O)c1nc(C(C)(C)C)no1. The number of nitrogens with zero attached hydrogens (tertiary/aromatic N) is 8. The number of imide groups is 1. The van der Waals surface area contributed by atoms with E-state index in [1.165, 1.54) is 6.33 Å². The predicted octanol–water partition coefficient (Wildman–Crippen LogP) is 5.49. The second kappa shape index (κ2) is 17.4. The molecule has 4 N–H and O–H groups in total. The number of rotatable bonds is 10. The highest BCUT2D eigenvalue weighted by molar-refractivity contribution is 6.05. The number of piperazine rings is 1. The number of fused-ring (bicyclic) bond motifs is 1. The molecule has 1 atom stereocenters. The van der Waals surface area contributed by atoms with Crippen molar-refractivity contribution in [1.29, 1.82) is 0 Å². The van der Waals surface area contributed by atoms with E-state index in [4.69, 9.17) is 4.52 Å². The molecule has 63 heavy (non-hydrogen) atoms. The van der Waals surface area contributed by atoms with Gasteiger partial charge in [0, 0.05) is 99.4 Å². The van der Waals surface area contributed by atoms with Crippen molar-refractivity contribution in [2.45, 2.75) is 65.1 Å². The fourth-order valence-corrected chi connectivity index (χ4v) is 8.79. The minimum atomic E-state index is -0.454. The van der Waals surface area contributed by atoms with Crippen molar-refractivity contribution < 1.29 is 23.3 Å². The molecule has 3 fully saturated rings. The summed E-state index contributed by atoms with van der Waals surface area (Å²) in [6.45, 7) is 15.4. The molecular formula is C46H53FN12O4. The Labute approximate surface area is 365 Å². The molecule has 5 aromatic rings. The van der Waals surface area contributed by atoms with Crippen LogP contribution in [-0.4, -0.2) is 111 Å². The van der Waals surface area contributed by atoms with E-state index in [9.17, 15) is 14.4 Å². The summed E-state index contributed by atoms with van der Waals surface area (Å²) in [4.78, 5) is 61.8. The summed E-state index contributed by atoms with van der Waals surface area (Å²) in [6, 6.07) is 13.4. The maximum Gasteiger partial charge on any atom is 0.328 e. The Balaban J connectivity index is 0.755. The minimum Gasteiger partial charge on any atom is -0.372 e.